The van der Waals surface area contributed by atoms with Gasteiger partial charge in [0.15, 0.2) is 5.15 Å². The standard InChI is InChI=1S/C14H10Cl3N3O3/c1-23-8-5-3-2-4-7(8)6-18-20-11-9(15)12(14(21)22)19-13(17)10(11)16/h2-6H,1H3,(H,19,20)(H,21,22)/p-1/b18-6-. The molecule has 9 heteroatoms. The molecule has 1 aromatic carbocycles. The van der Waals surface area contributed by atoms with Crippen LogP contribution in [0.5, 0.6) is 5.75 Å². The van der Waals surface area contributed by atoms with Crippen LogP contribution in [0.2, 0.25) is 15.2 Å². The fourth-order valence-electron chi connectivity index (χ4n) is 1.69. The molecule has 1 aromatic heterocycles. The number of rotatable bonds is 5. The molecule has 1 N–H and O–H groups in total. The van der Waals surface area contributed by atoms with Crippen molar-refractivity contribution in [2.45, 2.75) is 0 Å². The fourth-order valence-corrected chi connectivity index (χ4v) is 2.35. The Balaban J connectivity index is 2.33. The van der Waals surface area contributed by atoms with E-state index in [2.05, 4.69) is 15.5 Å². The zero-order valence-corrected chi connectivity index (χ0v) is 13.9. The van der Waals surface area contributed by atoms with Crippen LogP contribution in [0, 0.1) is 0 Å². The number of carboxylic acid groups (broad SMARTS) is 1. The molecule has 0 aliphatic rings. The smallest absolute Gasteiger partial charge is 0.150 e. The Labute approximate surface area is 146 Å². The Morgan fingerprint density at radius 2 is 2.00 bits per heavy atom. The Hall–Kier alpha value is -2.02. The summed E-state index contributed by atoms with van der Waals surface area (Å²) in [6.45, 7) is 0. The number of aromatic nitrogens is 1. The minimum atomic E-state index is -1.58. The highest BCUT2D eigenvalue weighted by Crippen LogP contribution is 2.36. The minimum Gasteiger partial charge on any atom is -0.543 e. The Kier molecular flexibility index (Phi) is 5.65. The highest BCUT2D eigenvalue weighted by molar-refractivity contribution is 6.46. The molecule has 0 atom stereocenters. The summed E-state index contributed by atoms with van der Waals surface area (Å²) in [4.78, 5) is 14.5. The van der Waals surface area contributed by atoms with Crippen LogP contribution in [0.4, 0.5) is 5.69 Å². The van der Waals surface area contributed by atoms with Crippen molar-refractivity contribution in [1.29, 1.82) is 0 Å². The zero-order valence-electron chi connectivity index (χ0n) is 11.6. The SMILES string of the molecule is COc1ccccc1/C=N\Nc1c(Cl)c(Cl)nc(C(=O)[O-])c1Cl. The molecule has 6 nitrogen and oxygen atoms in total. The van der Waals surface area contributed by atoms with E-state index in [1.54, 1.807) is 18.2 Å². The molecule has 120 valence electrons. The average Bonchev–Trinajstić information content (AvgIpc) is 2.54. The summed E-state index contributed by atoms with van der Waals surface area (Å²) in [7, 11) is 1.53. The van der Waals surface area contributed by atoms with E-state index in [-0.39, 0.29) is 20.9 Å². The summed E-state index contributed by atoms with van der Waals surface area (Å²) in [5.74, 6) is -0.969. The number of benzene rings is 1. The third kappa shape index (κ3) is 3.85. The van der Waals surface area contributed by atoms with Crippen molar-refractivity contribution in [3.63, 3.8) is 0 Å². The van der Waals surface area contributed by atoms with Gasteiger partial charge in [0.1, 0.15) is 16.5 Å². The van der Waals surface area contributed by atoms with Crippen LogP contribution in [-0.4, -0.2) is 24.3 Å². The number of methoxy groups -OCH3 is 1. The second-order valence-corrected chi connectivity index (χ2v) is 5.27. The quantitative estimate of drug-likeness (QED) is 0.495. The summed E-state index contributed by atoms with van der Waals surface area (Å²) in [5.41, 5.74) is 2.72. The van der Waals surface area contributed by atoms with Gasteiger partial charge in [-0.3, -0.25) is 5.43 Å². The van der Waals surface area contributed by atoms with Gasteiger partial charge in [-0.15, -0.1) is 0 Å². The van der Waals surface area contributed by atoms with Gasteiger partial charge in [0.05, 0.1) is 30.0 Å². The number of nitrogens with zero attached hydrogens (tertiary/aromatic N) is 2. The molecule has 0 unspecified atom stereocenters. The molecule has 0 spiro atoms. The van der Waals surface area contributed by atoms with Crippen molar-refractivity contribution in [2.24, 2.45) is 5.10 Å². The molecule has 23 heavy (non-hydrogen) atoms. The number of para-hydroxylation sites is 1. The van der Waals surface area contributed by atoms with E-state index < -0.39 is 11.7 Å². The first-order valence-electron chi connectivity index (χ1n) is 6.13. The van der Waals surface area contributed by atoms with Crippen molar-refractivity contribution in [2.75, 3.05) is 12.5 Å². The van der Waals surface area contributed by atoms with E-state index in [4.69, 9.17) is 39.5 Å². The number of pyridine rings is 1. The third-order valence-corrected chi connectivity index (χ3v) is 3.86. The average molecular weight is 374 g/mol. The molecule has 0 amide bonds. The summed E-state index contributed by atoms with van der Waals surface area (Å²) in [5, 5.41) is 14.4. The summed E-state index contributed by atoms with van der Waals surface area (Å²) in [6.07, 6.45) is 1.46. The first-order valence-corrected chi connectivity index (χ1v) is 7.27. The van der Waals surface area contributed by atoms with Crippen LogP contribution < -0.4 is 15.3 Å². The van der Waals surface area contributed by atoms with Crippen molar-refractivity contribution < 1.29 is 14.6 Å². The van der Waals surface area contributed by atoms with Crippen molar-refractivity contribution in [3.05, 3.63) is 50.7 Å². The lowest BCUT2D eigenvalue weighted by Crippen LogP contribution is -2.24. The number of hydrogen-bond acceptors (Lipinski definition) is 6. The van der Waals surface area contributed by atoms with Gasteiger partial charge in [-0.05, 0) is 12.1 Å². The molecule has 2 rings (SSSR count). The van der Waals surface area contributed by atoms with Crippen LogP contribution in [0.1, 0.15) is 16.1 Å². The van der Waals surface area contributed by atoms with Crippen LogP contribution in [-0.2, 0) is 0 Å². The van der Waals surface area contributed by atoms with Gasteiger partial charge in [-0.25, -0.2) is 4.98 Å². The lowest BCUT2D eigenvalue weighted by molar-refractivity contribution is -0.255. The monoisotopic (exact) mass is 372 g/mol. The Morgan fingerprint density at radius 3 is 2.65 bits per heavy atom. The van der Waals surface area contributed by atoms with Crippen LogP contribution in [0.15, 0.2) is 29.4 Å². The highest BCUT2D eigenvalue weighted by Gasteiger charge is 2.16. The van der Waals surface area contributed by atoms with Crippen molar-refractivity contribution in [1.82, 2.24) is 4.98 Å². The second-order valence-electron chi connectivity index (χ2n) is 4.15. The Morgan fingerprint density at radius 1 is 1.30 bits per heavy atom. The van der Waals surface area contributed by atoms with Gasteiger partial charge in [0.25, 0.3) is 0 Å². The largest absolute Gasteiger partial charge is 0.543 e. The van der Waals surface area contributed by atoms with Gasteiger partial charge in [-0.1, -0.05) is 46.9 Å². The van der Waals surface area contributed by atoms with E-state index in [9.17, 15) is 9.90 Å². The maximum atomic E-state index is 11.0. The summed E-state index contributed by atoms with van der Waals surface area (Å²) < 4.78 is 5.18. The van der Waals surface area contributed by atoms with E-state index in [0.29, 0.717) is 11.3 Å². The molecule has 0 fully saturated rings. The second kappa shape index (κ2) is 7.50. The van der Waals surface area contributed by atoms with Gasteiger partial charge in [-0.2, -0.15) is 5.10 Å². The Bertz CT molecular complexity index is 781. The predicted octanol–water partition coefficient (Wildman–Crippen LogP) is 2.86. The zero-order chi connectivity index (χ0) is 17.0. The molecule has 0 aliphatic carbocycles. The van der Waals surface area contributed by atoms with Crippen LogP contribution in [0.3, 0.4) is 0 Å². The molecule has 0 saturated carbocycles. The lowest BCUT2D eigenvalue weighted by Gasteiger charge is -2.12. The van der Waals surface area contributed by atoms with Crippen LogP contribution in [0.25, 0.3) is 0 Å². The number of nitrogens with one attached hydrogen (secondary N) is 1. The number of hydrazone groups is 1. The van der Waals surface area contributed by atoms with Gasteiger partial charge < -0.3 is 14.6 Å². The van der Waals surface area contributed by atoms with Gasteiger partial charge in [0.2, 0.25) is 0 Å². The van der Waals surface area contributed by atoms with Crippen molar-refractivity contribution >= 4 is 52.7 Å². The summed E-state index contributed by atoms with van der Waals surface area (Å²) >= 11 is 17.7. The fraction of sp³-hybridized carbons (Fsp3) is 0.0714. The number of anilines is 1. The molecule has 1 heterocycles. The third-order valence-electron chi connectivity index (χ3n) is 2.75. The van der Waals surface area contributed by atoms with Gasteiger partial charge in [0, 0.05) is 5.56 Å². The molecular weight excluding hydrogens is 365 g/mol. The first kappa shape index (κ1) is 17.3. The molecule has 2 aromatic rings. The maximum Gasteiger partial charge on any atom is 0.150 e. The van der Waals surface area contributed by atoms with Gasteiger partial charge >= 0.3 is 0 Å². The summed E-state index contributed by atoms with van der Waals surface area (Å²) in [6, 6.07) is 7.16. The minimum absolute atomic E-state index is 0.0127. The molecule has 0 radical (unpaired) electrons. The number of aromatic carboxylic acids is 1. The number of carboxylic acids is 1. The first-order chi connectivity index (χ1) is 11.0. The molecular formula is C14H9Cl3N3O3-. The predicted molar refractivity (Wildman–Crippen MR) is 87.8 cm³/mol. The number of carbonyl (C=O) groups excluding carboxylic acids is 1. The maximum absolute atomic E-state index is 11.0. The van der Waals surface area contributed by atoms with E-state index in [0.717, 1.165) is 0 Å². The molecule has 0 saturated heterocycles. The number of ether oxygens (including phenoxy) is 1. The molecule has 0 aliphatic heterocycles. The van der Waals surface area contributed by atoms with Crippen molar-refractivity contribution in [3.8, 4) is 5.75 Å². The van der Waals surface area contributed by atoms with Crippen LogP contribution >= 0.6 is 34.8 Å². The number of carbonyl (C=O) groups is 1. The number of halogens is 3. The van der Waals surface area contributed by atoms with E-state index >= 15 is 0 Å². The highest BCUT2D eigenvalue weighted by atomic mass is 35.5. The normalized spacial score (nSPS) is 10.8. The lowest BCUT2D eigenvalue weighted by atomic mass is 10.2. The number of hydrogen-bond donors (Lipinski definition) is 1. The van der Waals surface area contributed by atoms with E-state index in [1.807, 2.05) is 6.07 Å². The topological polar surface area (TPSA) is 86.6 Å². The van der Waals surface area contributed by atoms with E-state index in [1.165, 1.54) is 13.3 Å². The molecule has 0 bridgehead atoms.